The molecule has 3 aliphatic rings. The zero-order chi connectivity index (χ0) is 17.3. The van der Waals surface area contributed by atoms with E-state index in [1.54, 1.807) is 5.57 Å². The summed E-state index contributed by atoms with van der Waals surface area (Å²) in [4.78, 5) is 0. The molecule has 0 aliphatic heterocycles. The highest BCUT2D eigenvalue weighted by molar-refractivity contribution is 5.11. The highest BCUT2D eigenvalue weighted by Crippen LogP contribution is 2.54. The summed E-state index contributed by atoms with van der Waals surface area (Å²) in [6.07, 6.45) is 13.2. The average molecular weight is 331 g/mol. The summed E-state index contributed by atoms with van der Waals surface area (Å²) in [5.74, 6) is 6.14. The lowest BCUT2D eigenvalue weighted by Crippen LogP contribution is -2.28. The SMILES string of the molecule is C=C(O)C1CCC(C(=C)C2CC(C)CC(C3CC3CCC)C2)CC1. The highest BCUT2D eigenvalue weighted by atomic mass is 16.3. The molecule has 0 spiro atoms. The van der Waals surface area contributed by atoms with Crippen molar-refractivity contribution in [3.8, 4) is 0 Å². The van der Waals surface area contributed by atoms with Crippen molar-refractivity contribution in [2.24, 2.45) is 41.4 Å². The second-order valence-electron chi connectivity index (χ2n) is 9.33. The molecule has 0 heterocycles. The Morgan fingerprint density at radius 3 is 2.21 bits per heavy atom. The van der Waals surface area contributed by atoms with Gasteiger partial charge in [-0.15, -0.1) is 0 Å². The van der Waals surface area contributed by atoms with Crippen molar-refractivity contribution < 1.29 is 5.11 Å². The van der Waals surface area contributed by atoms with E-state index in [-0.39, 0.29) is 0 Å². The van der Waals surface area contributed by atoms with Gasteiger partial charge in [-0.25, -0.2) is 0 Å². The van der Waals surface area contributed by atoms with E-state index in [4.69, 9.17) is 0 Å². The Labute approximate surface area is 149 Å². The predicted molar refractivity (Wildman–Crippen MR) is 103 cm³/mol. The summed E-state index contributed by atoms with van der Waals surface area (Å²) in [5, 5.41) is 9.64. The molecule has 0 aromatic carbocycles. The van der Waals surface area contributed by atoms with Crippen LogP contribution in [-0.2, 0) is 0 Å². The van der Waals surface area contributed by atoms with Gasteiger partial charge in [0.1, 0.15) is 0 Å². The molecular formula is C23H38O. The van der Waals surface area contributed by atoms with Gasteiger partial charge < -0.3 is 5.11 Å². The van der Waals surface area contributed by atoms with Crippen molar-refractivity contribution in [2.45, 2.75) is 78.1 Å². The summed E-state index contributed by atoms with van der Waals surface area (Å²) < 4.78 is 0. The largest absolute Gasteiger partial charge is 0.513 e. The van der Waals surface area contributed by atoms with E-state index in [1.807, 2.05) is 0 Å². The lowest BCUT2D eigenvalue weighted by Gasteiger charge is -2.39. The molecule has 0 aromatic rings. The number of aliphatic hydroxyl groups excluding tert-OH is 1. The normalized spacial score (nSPS) is 42.5. The van der Waals surface area contributed by atoms with Crippen LogP contribution in [0.5, 0.6) is 0 Å². The van der Waals surface area contributed by atoms with E-state index >= 15 is 0 Å². The van der Waals surface area contributed by atoms with Crippen molar-refractivity contribution in [1.82, 2.24) is 0 Å². The van der Waals surface area contributed by atoms with E-state index in [1.165, 1.54) is 51.4 Å². The Kier molecular flexibility index (Phi) is 5.78. The number of rotatable bonds is 6. The summed E-state index contributed by atoms with van der Waals surface area (Å²) >= 11 is 0. The minimum atomic E-state index is 0.341. The van der Waals surface area contributed by atoms with Crippen LogP contribution < -0.4 is 0 Å². The van der Waals surface area contributed by atoms with Crippen LogP contribution in [0, 0.1) is 41.4 Å². The molecular weight excluding hydrogens is 292 g/mol. The molecule has 0 amide bonds. The van der Waals surface area contributed by atoms with Gasteiger partial charge in [-0.05, 0) is 86.9 Å². The molecule has 5 atom stereocenters. The summed E-state index contributed by atoms with van der Waals surface area (Å²) in [6.45, 7) is 13.1. The summed E-state index contributed by atoms with van der Waals surface area (Å²) in [7, 11) is 0. The maximum atomic E-state index is 9.64. The summed E-state index contributed by atoms with van der Waals surface area (Å²) in [5.41, 5.74) is 1.56. The molecule has 24 heavy (non-hydrogen) atoms. The third kappa shape index (κ3) is 4.09. The predicted octanol–water partition coefficient (Wildman–Crippen LogP) is 6.91. The van der Waals surface area contributed by atoms with Gasteiger partial charge in [0.25, 0.3) is 0 Å². The first-order chi connectivity index (χ1) is 11.5. The zero-order valence-electron chi connectivity index (χ0n) is 16.0. The fourth-order valence-corrected chi connectivity index (χ4v) is 5.99. The maximum absolute atomic E-state index is 9.64. The van der Waals surface area contributed by atoms with Crippen LogP contribution in [0.15, 0.2) is 24.5 Å². The van der Waals surface area contributed by atoms with Crippen LogP contribution in [0.3, 0.4) is 0 Å². The quantitative estimate of drug-likeness (QED) is 0.414. The molecule has 3 saturated carbocycles. The van der Waals surface area contributed by atoms with Crippen molar-refractivity contribution >= 4 is 0 Å². The van der Waals surface area contributed by atoms with Gasteiger partial charge in [0.2, 0.25) is 0 Å². The molecule has 3 rings (SSSR count). The van der Waals surface area contributed by atoms with Crippen molar-refractivity contribution in [3.63, 3.8) is 0 Å². The van der Waals surface area contributed by atoms with Crippen LogP contribution >= 0.6 is 0 Å². The third-order valence-corrected chi connectivity index (χ3v) is 7.47. The van der Waals surface area contributed by atoms with E-state index in [0.717, 1.165) is 42.4 Å². The van der Waals surface area contributed by atoms with Crippen LogP contribution in [0.2, 0.25) is 0 Å². The van der Waals surface area contributed by atoms with Crippen molar-refractivity contribution in [2.75, 3.05) is 0 Å². The maximum Gasteiger partial charge on any atom is 0.0881 e. The van der Waals surface area contributed by atoms with Crippen LogP contribution in [-0.4, -0.2) is 5.11 Å². The van der Waals surface area contributed by atoms with Gasteiger partial charge in [-0.3, -0.25) is 0 Å². The first-order valence-electron chi connectivity index (χ1n) is 10.6. The van der Waals surface area contributed by atoms with Crippen LogP contribution in [0.1, 0.15) is 78.1 Å². The Bertz CT molecular complexity index is 457. The van der Waals surface area contributed by atoms with E-state index in [2.05, 4.69) is 27.0 Å². The number of hydrogen-bond acceptors (Lipinski definition) is 1. The lowest BCUT2D eigenvalue weighted by molar-refractivity contribution is 0.182. The average Bonchev–Trinajstić information content (AvgIpc) is 3.33. The second kappa shape index (κ2) is 7.67. The third-order valence-electron chi connectivity index (χ3n) is 7.47. The Balaban J connectivity index is 1.54. The fraction of sp³-hybridized carbons (Fsp3) is 0.826. The van der Waals surface area contributed by atoms with Gasteiger partial charge >= 0.3 is 0 Å². The topological polar surface area (TPSA) is 20.2 Å². The smallest absolute Gasteiger partial charge is 0.0881 e. The van der Waals surface area contributed by atoms with Gasteiger partial charge in [0.15, 0.2) is 0 Å². The molecule has 0 bridgehead atoms. The van der Waals surface area contributed by atoms with Crippen molar-refractivity contribution in [3.05, 3.63) is 24.5 Å². The molecule has 5 unspecified atom stereocenters. The molecule has 0 aromatic heterocycles. The van der Waals surface area contributed by atoms with E-state index in [0.29, 0.717) is 17.6 Å². The molecule has 136 valence electrons. The standard InChI is InChI=1S/C23H38O/c1-5-6-20-14-23(20)22-12-15(2)11-21(13-22)16(3)18-7-9-19(10-8-18)17(4)24/h15,18-24H,3-14H2,1-2H3. The molecule has 1 heteroatoms. The van der Waals surface area contributed by atoms with Gasteiger partial charge in [-0.2, -0.15) is 0 Å². The van der Waals surface area contributed by atoms with Gasteiger partial charge in [0, 0.05) is 5.92 Å². The van der Waals surface area contributed by atoms with Crippen molar-refractivity contribution in [1.29, 1.82) is 0 Å². The minimum Gasteiger partial charge on any atom is -0.513 e. The van der Waals surface area contributed by atoms with Gasteiger partial charge in [0.05, 0.1) is 5.76 Å². The van der Waals surface area contributed by atoms with Crippen LogP contribution in [0.25, 0.3) is 0 Å². The first-order valence-corrected chi connectivity index (χ1v) is 10.6. The second-order valence-corrected chi connectivity index (χ2v) is 9.33. The Hall–Kier alpha value is -0.720. The van der Waals surface area contributed by atoms with E-state index < -0.39 is 0 Å². The van der Waals surface area contributed by atoms with E-state index in [9.17, 15) is 5.11 Å². The zero-order valence-corrected chi connectivity index (χ0v) is 16.0. The molecule has 3 fully saturated rings. The Morgan fingerprint density at radius 2 is 1.58 bits per heavy atom. The molecule has 0 radical (unpaired) electrons. The summed E-state index contributed by atoms with van der Waals surface area (Å²) in [6, 6.07) is 0. The molecule has 3 aliphatic carbocycles. The lowest BCUT2D eigenvalue weighted by atomic mass is 9.67. The number of allylic oxidation sites excluding steroid dienone is 2. The number of hydrogen-bond donors (Lipinski definition) is 1. The fourth-order valence-electron chi connectivity index (χ4n) is 5.99. The first kappa shape index (κ1) is 18.1. The van der Waals surface area contributed by atoms with Crippen LogP contribution in [0.4, 0.5) is 0 Å². The molecule has 1 N–H and O–H groups in total. The van der Waals surface area contributed by atoms with Gasteiger partial charge in [-0.1, -0.05) is 45.4 Å². The Morgan fingerprint density at radius 1 is 0.917 bits per heavy atom. The molecule has 1 nitrogen and oxygen atoms in total. The highest BCUT2D eigenvalue weighted by Gasteiger charge is 2.45. The monoisotopic (exact) mass is 330 g/mol. The number of aliphatic hydroxyl groups is 1. The molecule has 0 saturated heterocycles. The minimum absolute atomic E-state index is 0.341.